The SMILES string of the molecule is O=C(O)N[C@@H]1C[C@H]1c1ccc(F)cc1. The summed E-state index contributed by atoms with van der Waals surface area (Å²) in [6.07, 6.45) is -0.197. The highest BCUT2D eigenvalue weighted by molar-refractivity contribution is 5.65. The molecule has 3 nitrogen and oxygen atoms in total. The fourth-order valence-electron chi connectivity index (χ4n) is 1.59. The Bertz CT molecular complexity index is 350. The molecular weight excluding hydrogens is 185 g/mol. The van der Waals surface area contributed by atoms with Crippen LogP contribution in [0.15, 0.2) is 24.3 Å². The highest BCUT2D eigenvalue weighted by Gasteiger charge is 2.39. The van der Waals surface area contributed by atoms with Gasteiger partial charge in [-0.25, -0.2) is 9.18 Å². The Morgan fingerprint density at radius 1 is 1.43 bits per heavy atom. The van der Waals surface area contributed by atoms with Crippen LogP contribution >= 0.6 is 0 Å². The van der Waals surface area contributed by atoms with Crippen molar-refractivity contribution in [1.29, 1.82) is 0 Å². The number of rotatable bonds is 2. The molecule has 1 amide bonds. The van der Waals surface area contributed by atoms with Crippen molar-refractivity contribution in [1.82, 2.24) is 5.32 Å². The van der Waals surface area contributed by atoms with Gasteiger partial charge >= 0.3 is 6.09 Å². The number of amides is 1. The van der Waals surface area contributed by atoms with Gasteiger partial charge in [-0.1, -0.05) is 12.1 Å². The average molecular weight is 195 g/mol. The monoisotopic (exact) mass is 195 g/mol. The number of carbonyl (C=O) groups is 1. The number of hydrogen-bond donors (Lipinski definition) is 2. The zero-order valence-corrected chi connectivity index (χ0v) is 7.40. The van der Waals surface area contributed by atoms with Gasteiger partial charge in [0.1, 0.15) is 5.82 Å². The number of nitrogens with one attached hydrogen (secondary N) is 1. The molecule has 1 saturated carbocycles. The van der Waals surface area contributed by atoms with Crippen LogP contribution in [0.1, 0.15) is 17.9 Å². The van der Waals surface area contributed by atoms with Gasteiger partial charge in [0.25, 0.3) is 0 Å². The molecule has 0 saturated heterocycles. The van der Waals surface area contributed by atoms with E-state index in [1.54, 1.807) is 12.1 Å². The normalized spacial score (nSPS) is 24.4. The Kier molecular flexibility index (Phi) is 2.11. The van der Waals surface area contributed by atoms with Gasteiger partial charge in [-0.2, -0.15) is 0 Å². The molecule has 0 radical (unpaired) electrons. The second kappa shape index (κ2) is 3.29. The maximum atomic E-state index is 12.6. The van der Waals surface area contributed by atoms with E-state index in [1.165, 1.54) is 12.1 Å². The minimum atomic E-state index is -1.00. The van der Waals surface area contributed by atoms with Crippen molar-refractivity contribution >= 4 is 6.09 Å². The van der Waals surface area contributed by atoms with E-state index >= 15 is 0 Å². The molecule has 2 atom stereocenters. The summed E-state index contributed by atoms with van der Waals surface area (Å²) in [4.78, 5) is 10.3. The summed E-state index contributed by atoms with van der Waals surface area (Å²) in [6.45, 7) is 0. The first-order valence-electron chi connectivity index (χ1n) is 4.42. The first-order chi connectivity index (χ1) is 6.66. The molecule has 2 rings (SSSR count). The van der Waals surface area contributed by atoms with Crippen molar-refractivity contribution in [2.45, 2.75) is 18.4 Å². The van der Waals surface area contributed by atoms with E-state index in [4.69, 9.17) is 5.11 Å². The van der Waals surface area contributed by atoms with Crippen LogP contribution < -0.4 is 5.32 Å². The first kappa shape index (κ1) is 8.99. The maximum absolute atomic E-state index is 12.6. The molecule has 0 aromatic heterocycles. The molecule has 2 N–H and O–H groups in total. The lowest BCUT2D eigenvalue weighted by Crippen LogP contribution is -2.24. The lowest BCUT2D eigenvalue weighted by atomic mass is 10.1. The minimum absolute atomic E-state index is 0.00189. The van der Waals surface area contributed by atoms with Crippen molar-refractivity contribution in [3.63, 3.8) is 0 Å². The Morgan fingerprint density at radius 3 is 2.64 bits per heavy atom. The number of carboxylic acid groups (broad SMARTS) is 1. The van der Waals surface area contributed by atoms with E-state index in [0.717, 1.165) is 12.0 Å². The molecule has 1 aromatic rings. The van der Waals surface area contributed by atoms with Crippen molar-refractivity contribution in [2.75, 3.05) is 0 Å². The fourth-order valence-corrected chi connectivity index (χ4v) is 1.59. The predicted octanol–water partition coefficient (Wildman–Crippen LogP) is 1.95. The summed E-state index contributed by atoms with van der Waals surface area (Å²) in [5.41, 5.74) is 0.991. The van der Waals surface area contributed by atoms with E-state index in [9.17, 15) is 9.18 Å². The summed E-state index contributed by atoms with van der Waals surface area (Å²) >= 11 is 0. The largest absolute Gasteiger partial charge is 0.465 e. The van der Waals surface area contributed by atoms with Gasteiger partial charge in [0, 0.05) is 12.0 Å². The van der Waals surface area contributed by atoms with E-state index in [2.05, 4.69) is 5.32 Å². The molecule has 1 fully saturated rings. The number of halogens is 1. The molecule has 0 aliphatic heterocycles. The van der Waals surface area contributed by atoms with Crippen molar-refractivity contribution in [3.8, 4) is 0 Å². The van der Waals surface area contributed by atoms with Gasteiger partial charge in [0.05, 0.1) is 0 Å². The van der Waals surface area contributed by atoms with Crippen LogP contribution in [0.2, 0.25) is 0 Å². The number of benzene rings is 1. The summed E-state index contributed by atoms with van der Waals surface area (Å²) in [5.74, 6) is -0.0520. The molecule has 1 aliphatic carbocycles. The third-order valence-electron chi connectivity index (χ3n) is 2.40. The Morgan fingerprint density at radius 2 is 2.07 bits per heavy atom. The van der Waals surface area contributed by atoms with E-state index in [1.807, 2.05) is 0 Å². The predicted molar refractivity (Wildman–Crippen MR) is 48.7 cm³/mol. The Labute approximate surface area is 80.6 Å². The van der Waals surface area contributed by atoms with Gasteiger partial charge in [0.15, 0.2) is 0 Å². The molecule has 0 spiro atoms. The third kappa shape index (κ3) is 1.84. The van der Waals surface area contributed by atoms with Crippen LogP contribution in [-0.4, -0.2) is 17.2 Å². The van der Waals surface area contributed by atoms with Gasteiger partial charge < -0.3 is 10.4 Å². The molecule has 74 valence electrons. The van der Waals surface area contributed by atoms with Crippen LogP contribution in [-0.2, 0) is 0 Å². The summed E-state index contributed by atoms with van der Waals surface area (Å²) in [7, 11) is 0. The van der Waals surface area contributed by atoms with Crippen molar-refractivity contribution < 1.29 is 14.3 Å². The summed E-state index contributed by atoms with van der Waals surface area (Å²) in [6, 6.07) is 6.18. The summed E-state index contributed by atoms with van der Waals surface area (Å²) < 4.78 is 12.6. The smallest absolute Gasteiger partial charge is 0.404 e. The van der Waals surface area contributed by atoms with Crippen LogP contribution in [0.3, 0.4) is 0 Å². The van der Waals surface area contributed by atoms with Crippen LogP contribution in [0.25, 0.3) is 0 Å². The lowest BCUT2D eigenvalue weighted by molar-refractivity contribution is 0.193. The van der Waals surface area contributed by atoms with Gasteiger partial charge in [-0.15, -0.1) is 0 Å². The first-order valence-corrected chi connectivity index (χ1v) is 4.42. The molecule has 1 aliphatic rings. The van der Waals surface area contributed by atoms with Crippen LogP contribution in [0.4, 0.5) is 9.18 Å². The van der Waals surface area contributed by atoms with E-state index in [-0.39, 0.29) is 17.8 Å². The van der Waals surface area contributed by atoms with Crippen molar-refractivity contribution in [2.24, 2.45) is 0 Å². The highest BCUT2D eigenvalue weighted by Crippen LogP contribution is 2.40. The minimum Gasteiger partial charge on any atom is -0.465 e. The fraction of sp³-hybridized carbons (Fsp3) is 0.300. The number of hydrogen-bond acceptors (Lipinski definition) is 1. The van der Waals surface area contributed by atoms with E-state index < -0.39 is 6.09 Å². The molecule has 1 aromatic carbocycles. The molecule has 4 heteroatoms. The Balaban J connectivity index is 1.99. The van der Waals surface area contributed by atoms with Crippen molar-refractivity contribution in [3.05, 3.63) is 35.6 Å². The highest BCUT2D eigenvalue weighted by atomic mass is 19.1. The standard InChI is InChI=1S/C10H10FNO2/c11-7-3-1-6(2-4-7)8-5-9(8)12-10(13)14/h1-4,8-9,12H,5H2,(H,13,14)/t8-,9+/m0/s1. The molecule has 14 heavy (non-hydrogen) atoms. The zero-order chi connectivity index (χ0) is 10.1. The van der Waals surface area contributed by atoms with Crippen LogP contribution in [0, 0.1) is 5.82 Å². The molecule has 0 heterocycles. The molecular formula is C10H10FNO2. The Hall–Kier alpha value is -1.58. The third-order valence-corrected chi connectivity index (χ3v) is 2.40. The maximum Gasteiger partial charge on any atom is 0.404 e. The topological polar surface area (TPSA) is 49.3 Å². The summed E-state index contributed by atoms with van der Waals surface area (Å²) in [5, 5.41) is 10.9. The lowest BCUT2D eigenvalue weighted by Gasteiger charge is -2.00. The second-order valence-electron chi connectivity index (χ2n) is 3.45. The van der Waals surface area contributed by atoms with Gasteiger partial charge in [-0.05, 0) is 24.1 Å². The molecule has 0 unspecified atom stereocenters. The van der Waals surface area contributed by atoms with Gasteiger partial charge in [0.2, 0.25) is 0 Å². The van der Waals surface area contributed by atoms with Crippen LogP contribution in [0.5, 0.6) is 0 Å². The van der Waals surface area contributed by atoms with Gasteiger partial charge in [-0.3, -0.25) is 0 Å². The quantitative estimate of drug-likeness (QED) is 0.757. The van der Waals surface area contributed by atoms with E-state index in [0.29, 0.717) is 0 Å². The second-order valence-corrected chi connectivity index (χ2v) is 3.45. The molecule has 0 bridgehead atoms. The zero-order valence-electron chi connectivity index (χ0n) is 7.40. The average Bonchev–Trinajstić information content (AvgIpc) is 2.84.